The first-order valence-corrected chi connectivity index (χ1v) is 11.8. The maximum Gasteiger partial charge on any atom is 0.243 e. The predicted molar refractivity (Wildman–Crippen MR) is 136 cm³/mol. The summed E-state index contributed by atoms with van der Waals surface area (Å²) in [5, 5.41) is 10.9. The van der Waals surface area contributed by atoms with Gasteiger partial charge in [-0.1, -0.05) is 36.9 Å². The second-order valence-corrected chi connectivity index (χ2v) is 8.97. The van der Waals surface area contributed by atoms with Crippen molar-refractivity contribution in [3.63, 3.8) is 0 Å². The zero-order valence-corrected chi connectivity index (χ0v) is 19.9. The van der Waals surface area contributed by atoms with E-state index < -0.39 is 0 Å². The van der Waals surface area contributed by atoms with Crippen LogP contribution in [0.2, 0.25) is 0 Å². The summed E-state index contributed by atoms with van der Waals surface area (Å²) in [5.41, 5.74) is 3.47. The van der Waals surface area contributed by atoms with Crippen LogP contribution in [0.5, 0.6) is 0 Å². The third kappa shape index (κ3) is 4.86. The number of anilines is 3. The number of rotatable bonds is 8. The Labute approximate surface area is 203 Å². The van der Waals surface area contributed by atoms with E-state index in [9.17, 15) is 4.79 Å². The zero-order valence-electron chi connectivity index (χ0n) is 19.9. The molecule has 10 heteroatoms. The van der Waals surface area contributed by atoms with Crippen LogP contribution in [0.4, 0.5) is 17.5 Å². The van der Waals surface area contributed by atoms with Gasteiger partial charge in [-0.25, -0.2) is 4.98 Å². The van der Waals surface area contributed by atoms with Gasteiger partial charge in [-0.2, -0.15) is 15.1 Å². The molecule has 1 aliphatic heterocycles. The van der Waals surface area contributed by atoms with Crippen LogP contribution >= 0.6 is 0 Å². The molecule has 0 unspecified atom stereocenters. The van der Waals surface area contributed by atoms with E-state index in [-0.39, 0.29) is 18.0 Å². The minimum Gasteiger partial charge on any atom is -0.348 e. The molecule has 1 saturated heterocycles. The Morgan fingerprint density at radius 1 is 1.26 bits per heavy atom. The average molecular weight is 472 g/mol. The van der Waals surface area contributed by atoms with E-state index in [4.69, 9.17) is 9.97 Å². The zero-order chi connectivity index (χ0) is 24.4. The first kappa shape index (κ1) is 22.6. The lowest BCUT2D eigenvalue weighted by Crippen LogP contribution is -2.36. The van der Waals surface area contributed by atoms with Gasteiger partial charge in [0.25, 0.3) is 0 Å². The van der Waals surface area contributed by atoms with Gasteiger partial charge in [0, 0.05) is 31.4 Å². The van der Waals surface area contributed by atoms with E-state index in [0.717, 1.165) is 24.3 Å². The molecule has 0 aliphatic carbocycles. The van der Waals surface area contributed by atoms with Crippen LogP contribution in [0.15, 0.2) is 61.7 Å². The van der Waals surface area contributed by atoms with E-state index in [2.05, 4.69) is 58.2 Å². The van der Waals surface area contributed by atoms with Gasteiger partial charge in [0.1, 0.15) is 0 Å². The predicted octanol–water partition coefficient (Wildman–Crippen LogP) is 3.28. The quantitative estimate of drug-likeness (QED) is 0.380. The molecule has 0 spiro atoms. The van der Waals surface area contributed by atoms with Crippen molar-refractivity contribution in [2.45, 2.75) is 38.9 Å². The van der Waals surface area contributed by atoms with Crippen molar-refractivity contribution in [3.8, 4) is 0 Å². The van der Waals surface area contributed by atoms with Crippen LogP contribution in [0.25, 0.3) is 11.2 Å². The molecule has 4 aromatic rings. The molecule has 4 heterocycles. The third-order valence-electron chi connectivity index (χ3n) is 6.05. The number of nitrogens with one attached hydrogen (secondary N) is 2. The summed E-state index contributed by atoms with van der Waals surface area (Å²) in [6.45, 7) is 9.79. The Hall–Kier alpha value is -4.21. The number of fused-ring (bicyclic) bond motifs is 1. The smallest absolute Gasteiger partial charge is 0.243 e. The van der Waals surface area contributed by atoms with Gasteiger partial charge >= 0.3 is 0 Å². The van der Waals surface area contributed by atoms with Crippen molar-refractivity contribution in [1.29, 1.82) is 0 Å². The minimum atomic E-state index is -0.166. The topological polar surface area (TPSA) is 106 Å². The van der Waals surface area contributed by atoms with Gasteiger partial charge in [0.05, 0.1) is 24.8 Å². The Bertz CT molecular complexity index is 1340. The van der Waals surface area contributed by atoms with Crippen LogP contribution < -0.4 is 15.5 Å². The summed E-state index contributed by atoms with van der Waals surface area (Å²) < 4.78 is 3.93. The van der Waals surface area contributed by atoms with Crippen molar-refractivity contribution in [3.05, 3.63) is 67.3 Å². The van der Waals surface area contributed by atoms with Crippen LogP contribution in [0.1, 0.15) is 31.9 Å². The molecule has 10 nitrogen and oxygen atoms in total. The lowest BCUT2D eigenvalue weighted by molar-refractivity contribution is -0.117. The Kier molecular flexibility index (Phi) is 6.17. The molecule has 180 valence electrons. The molecule has 5 rings (SSSR count). The molecule has 0 radical (unpaired) electrons. The second kappa shape index (κ2) is 9.57. The number of hydrogen-bond donors (Lipinski definition) is 2. The highest BCUT2D eigenvalue weighted by Gasteiger charge is 2.27. The van der Waals surface area contributed by atoms with Crippen molar-refractivity contribution in [2.75, 3.05) is 23.3 Å². The fourth-order valence-electron chi connectivity index (χ4n) is 4.25. The van der Waals surface area contributed by atoms with Gasteiger partial charge in [-0.15, -0.1) is 0 Å². The number of imidazole rings is 1. The third-order valence-corrected chi connectivity index (χ3v) is 6.05. The normalized spacial score (nSPS) is 15.6. The molecule has 2 N–H and O–H groups in total. The first-order valence-electron chi connectivity index (χ1n) is 11.8. The Balaban J connectivity index is 1.43. The van der Waals surface area contributed by atoms with E-state index >= 15 is 0 Å². The van der Waals surface area contributed by atoms with E-state index in [1.807, 2.05) is 33.6 Å². The van der Waals surface area contributed by atoms with Gasteiger partial charge in [-0.3, -0.25) is 9.48 Å². The molecule has 1 amide bonds. The van der Waals surface area contributed by atoms with Gasteiger partial charge in [0.15, 0.2) is 17.0 Å². The minimum absolute atomic E-state index is 0.0300. The molecule has 0 saturated carbocycles. The molecule has 0 bridgehead atoms. The average Bonchev–Trinajstić information content (AvgIpc) is 3.59. The monoisotopic (exact) mass is 471 g/mol. The highest BCUT2D eigenvalue weighted by molar-refractivity contribution is 5.87. The maximum absolute atomic E-state index is 11.7. The summed E-state index contributed by atoms with van der Waals surface area (Å²) >= 11 is 0. The van der Waals surface area contributed by atoms with Crippen LogP contribution in [-0.2, 0) is 11.3 Å². The van der Waals surface area contributed by atoms with Crippen LogP contribution in [0, 0.1) is 0 Å². The summed E-state index contributed by atoms with van der Waals surface area (Å²) in [7, 11) is 0. The lowest BCUT2D eigenvalue weighted by atomic mass is 10.2. The van der Waals surface area contributed by atoms with Crippen molar-refractivity contribution in [1.82, 2.24) is 34.6 Å². The standard InChI is InChI=1S/C25H29N9O/c1-4-21(35)28-19-10-11-32(14-19)25-30-23(22-24(31-25)34(16-26-22)17(2)3)29-20-12-27-33(15-20)13-18-8-6-5-7-9-18/h4-9,12,15-17,19H,1,10-11,13-14H2,2-3H3,(H,28,35)(H,29,30,31)/t19-/m0/s1. The van der Waals surface area contributed by atoms with Gasteiger partial charge in [0.2, 0.25) is 11.9 Å². The molecule has 1 aliphatic rings. The number of amides is 1. The molecule has 1 fully saturated rings. The second-order valence-electron chi connectivity index (χ2n) is 8.97. The summed E-state index contributed by atoms with van der Waals surface area (Å²) in [6, 6.07) is 10.4. The Morgan fingerprint density at radius 3 is 2.86 bits per heavy atom. The highest BCUT2D eigenvalue weighted by Crippen LogP contribution is 2.28. The van der Waals surface area contributed by atoms with Crippen molar-refractivity contribution < 1.29 is 4.79 Å². The van der Waals surface area contributed by atoms with E-state index in [1.54, 1.807) is 12.5 Å². The molecular formula is C25H29N9O. The number of carbonyl (C=O) groups is 1. The molecule has 35 heavy (non-hydrogen) atoms. The number of aromatic nitrogens is 6. The number of nitrogens with zero attached hydrogens (tertiary/aromatic N) is 7. The highest BCUT2D eigenvalue weighted by atomic mass is 16.1. The fourth-order valence-corrected chi connectivity index (χ4v) is 4.25. The summed E-state index contributed by atoms with van der Waals surface area (Å²) in [6.07, 6.45) is 7.66. The largest absolute Gasteiger partial charge is 0.348 e. The number of carbonyl (C=O) groups excluding carboxylic acids is 1. The SMILES string of the molecule is C=CC(=O)N[C@H]1CCN(c2nc(Nc3cnn(Cc4ccccc4)c3)c3ncn(C(C)C)c3n2)C1. The van der Waals surface area contributed by atoms with Crippen LogP contribution in [-0.4, -0.2) is 54.3 Å². The number of benzene rings is 1. The number of hydrogen-bond acceptors (Lipinski definition) is 7. The van der Waals surface area contributed by atoms with Crippen molar-refractivity contribution in [2.24, 2.45) is 0 Å². The molecule has 1 atom stereocenters. The molecular weight excluding hydrogens is 442 g/mol. The van der Waals surface area contributed by atoms with Crippen molar-refractivity contribution >= 4 is 34.5 Å². The van der Waals surface area contributed by atoms with Gasteiger partial charge in [-0.05, 0) is 31.9 Å². The van der Waals surface area contributed by atoms with E-state index in [1.165, 1.54) is 11.6 Å². The lowest BCUT2D eigenvalue weighted by Gasteiger charge is -2.18. The summed E-state index contributed by atoms with van der Waals surface area (Å²) in [4.78, 5) is 28.1. The van der Waals surface area contributed by atoms with Crippen LogP contribution in [0.3, 0.4) is 0 Å². The summed E-state index contributed by atoms with van der Waals surface area (Å²) in [5.74, 6) is 1.07. The van der Waals surface area contributed by atoms with E-state index in [0.29, 0.717) is 30.4 Å². The fraction of sp³-hybridized carbons (Fsp3) is 0.320. The molecule has 1 aromatic carbocycles. The van der Waals surface area contributed by atoms with Gasteiger partial charge < -0.3 is 20.1 Å². The maximum atomic E-state index is 11.7. The molecule has 3 aromatic heterocycles. The Morgan fingerprint density at radius 2 is 2.09 bits per heavy atom. The first-order chi connectivity index (χ1) is 17.0.